The molecule has 2 rings (SSSR count). The van der Waals surface area contributed by atoms with Crippen molar-refractivity contribution in [2.24, 2.45) is 0 Å². The maximum atomic E-state index is 12.9. The SMILES string of the molecule is FC(F)(F)c1cccc(-c2cc[c]s2)c1C(F)(F)F. The molecule has 0 aliphatic carbocycles. The van der Waals surface area contributed by atoms with Gasteiger partial charge in [-0.2, -0.15) is 26.3 Å². The molecule has 1 radical (unpaired) electrons. The summed E-state index contributed by atoms with van der Waals surface area (Å²) < 4.78 is 76.9. The van der Waals surface area contributed by atoms with Crippen molar-refractivity contribution in [3.63, 3.8) is 0 Å². The number of thiophene rings is 1. The number of halogens is 6. The molecule has 0 saturated carbocycles. The minimum atomic E-state index is -5.08. The van der Waals surface area contributed by atoms with Gasteiger partial charge in [0.2, 0.25) is 0 Å². The molecule has 0 unspecified atom stereocenters. The van der Waals surface area contributed by atoms with Gasteiger partial charge in [0, 0.05) is 15.8 Å². The lowest BCUT2D eigenvalue weighted by Gasteiger charge is -2.18. The van der Waals surface area contributed by atoms with Crippen molar-refractivity contribution in [3.05, 3.63) is 46.8 Å². The molecular formula is C12H5F6S. The second-order valence-corrected chi connectivity index (χ2v) is 4.52. The van der Waals surface area contributed by atoms with Gasteiger partial charge in [0.25, 0.3) is 0 Å². The fourth-order valence-electron chi connectivity index (χ4n) is 1.69. The van der Waals surface area contributed by atoms with E-state index in [9.17, 15) is 26.3 Å². The third-order valence-corrected chi connectivity index (χ3v) is 3.22. The van der Waals surface area contributed by atoms with Gasteiger partial charge < -0.3 is 0 Å². The zero-order valence-corrected chi connectivity index (χ0v) is 9.88. The molecule has 0 saturated heterocycles. The fourth-order valence-corrected chi connectivity index (χ4v) is 2.36. The summed E-state index contributed by atoms with van der Waals surface area (Å²) >= 11 is 0.833. The van der Waals surface area contributed by atoms with Crippen LogP contribution in [-0.4, -0.2) is 0 Å². The van der Waals surface area contributed by atoms with Crippen molar-refractivity contribution in [2.45, 2.75) is 12.4 Å². The maximum Gasteiger partial charge on any atom is 0.417 e. The summed E-state index contributed by atoms with van der Waals surface area (Å²) in [5, 5.41) is 2.56. The zero-order valence-electron chi connectivity index (χ0n) is 9.06. The number of hydrogen-bond acceptors (Lipinski definition) is 1. The van der Waals surface area contributed by atoms with Crippen LogP contribution in [0.4, 0.5) is 26.3 Å². The minimum Gasteiger partial charge on any atom is -0.166 e. The number of hydrogen-bond donors (Lipinski definition) is 0. The van der Waals surface area contributed by atoms with Crippen molar-refractivity contribution < 1.29 is 26.3 Å². The van der Waals surface area contributed by atoms with Crippen molar-refractivity contribution in [2.75, 3.05) is 0 Å². The molecule has 1 aromatic heterocycles. The largest absolute Gasteiger partial charge is 0.417 e. The second kappa shape index (κ2) is 4.56. The predicted molar refractivity (Wildman–Crippen MR) is 58.6 cm³/mol. The average Bonchev–Trinajstić information content (AvgIpc) is 2.79. The van der Waals surface area contributed by atoms with Gasteiger partial charge in [0.15, 0.2) is 0 Å². The van der Waals surface area contributed by atoms with Crippen molar-refractivity contribution >= 4 is 11.3 Å². The minimum absolute atomic E-state index is 0.0958. The second-order valence-electron chi connectivity index (χ2n) is 3.64. The molecule has 0 spiro atoms. The lowest BCUT2D eigenvalue weighted by Crippen LogP contribution is -2.17. The van der Waals surface area contributed by atoms with Gasteiger partial charge in [-0.25, -0.2) is 0 Å². The van der Waals surface area contributed by atoms with E-state index in [1.807, 2.05) is 0 Å². The number of alkyl halides is 6. The summed E-state index contributed by atoms with van der Waals surface area (Å²) in [5.74, 6) is 0. The van der Waals surface area contributed by atoms with E-state index in [0.717, 1.165) is 23.5 Å². The molecule has 0 bridgehead atoms. The molecule has 7 heteroatoms. The highest BCUT2D eigenvalue weighted by Gasteiger charge is 2.44. The molecule has 0 N–H and O–H groups in total. The Kier molecular flexibility index (Phi) is 3.34. The highest BCUT2D eigenvalue weighted by molar-refractivity contribution is 7.13. The van der Waals surface area contributed by atoms with E-state index < -0.39 is 29.0 Å². The Balaban J connectivity index is 2.76. The summed E-state index contributed by atoms with van der Waals surface area (Å²) in [4.78, 5) is 0.0958. The van der Waals surface area contributed by atoms with Crippen LogP contribution in [0.3, 0.4) is 0 Å². The van der Waals surface area contributed by atoms with Crippen LogP contribution in [0.5, 0.6) is 0 Å². The Morgan fingerprint density at radius 3 is 2.05 bits per heavy atom. The van der Waals surface area contributed by atoms with Crippen LogP contribution in [-0.2, 0) is 12.4 Å². The molecule has 101 valence electrons. The molecule has 19 heavy (non-hydrogen) atoms. The van der Waals surface area contributed by atoms with Crippen LogP contribution in [0.15, 0.2) is 30.3 Å². The normalized spacial score (nSPS) is 12.7. The Labute approximate surface area is 108 Å². The van der Waals surface area contributed by atoms with Crippen LogP contribution in [0.25, 0.3) is 10.4 Å². The third kappa shape index (κ3) is 2.75. The first-order chi connectivity index (χ1) is 8.71. The van der Waals surface area contributed by atoms with E-state index in [2.05, 4.69) is 5.38 Å². The highest BCUT2D eigenvalue weighted by atomic mass is 32.1. The van der Waals surface area contributed by atoms with Crippen molar-refractivity contribution in [1.82, 2.24) is 0 Å². The first-order valence-electron chi connectivity index (χ1n) is 4.95. The number of rotatable bonds is 1. The average molecular weight is 295 g/mol. The van der Waals surface area contributed by atoms with E-state index in [0.29, 0.717) is 6.07 Å². The van der Waals surface area contributed by atoms with Crippen LogP contribution >= 0.6 is 11.3 Å². The molecule has 0 amide bonds. The van der Waals surface area contributed by atoms with E-state index in [1.165, 1.54) is 12.1 Å². The Morgan fingerprint density at radius 2 is 1.58 bits per heavy atom. The molecule has 1 heterocycles. The molecule has 0 nitrogen and oxygen atoms in total. The Hall–Kier alpha value is -1.50. The maximum absolute atomic E-state index is 12.9. The van der Waals surface area contributed by atoms with Crippen LogP contribution < -0.4 is 0 Å². The van der Waals surface area contributed by atoms with Gasteiger partial charge >= 0.3 is 12.4 Å². The molecular weight excluding hydrogens is 290 g/mol. The lowest BCUT2D eigenvalue weighted by molar-refractivity contribution is -0.161. The Bertz CT molecular complexity index is 565. The van der Waals surface area contributed by atoms with Crippen molar-refractivity contribution in [3.8, 4) is 10.4 Å². The van der Waals surface area contributed by atoms with Gasteiger partial charge in [-0.3, -0.25) is 0 Å². The quantitative estimate of drug-likeness (QED) is 0.630. The lowest BCUT2D eigenvalue weighted by atomic mass is 9.99. The zero-order chi connectivity index (χ0) is 14.3. The monoisotopic (exact) mass is 295 g/mol. The highest BCUT2D eigenvalue weighted by Crippen LogP contribution is 2.45. The number of benzene rings is 1. The van der Waals surface area contributed by atoms with Gasteiger partial charge in [0.05, 0.1) is 11.1 Å². The van der Waals surface area contributed by atoms with Crippen molar-refractivity contribution in [1.29, 1.82) is 0 Å². The van der Waals surface area contributed by atoms with Crippen LogP contribution in [0.1, 0.15) is 11.1 Å². The first kappa shape index (κ1) is 13.9. The van der Waals surface area contributed by atoms with E-state index in [1.54, 1.807) is 0 Å². The standard InChI is InChI=1S/C12H5F6S/c13-11(14,15)8-4-1-3-7(9-5-2-6-19-9)10(8)12(16,17)18/h1-5H. The molecule has 0 aliphatic rings. The molecule has 2 aromatic rings. The summed E-state index contributed by atoms with van der Waals surface area (Å²) in [5.41, 5.74) is -3.81. The smallest absolute Gasteiger partial charge is 0.166 e. The van der Waals surface area contributed by atoms with Crippen LogP contribution in [0, 0.1) is 5.38 Å². The van der Waals surface area contributed by atoms with Gasteiger partial charge in [-0.15, -0.1) is 11.3 Å². The predicted octanol–water partition coefficient (Wildman–Crippen LogP) is 5.25. The summed E-state index contributed by atoms with van der Waals surface area (Å²) in [6.07, 6.45) is -10.1. The molecule has 0 atom stereocenters. The van der Waals surface area contributed by atoms with Gasteiger partial charge in [-0.1, -0.05) is 12.1 Å². The third-order valence-electron chi connectivity index (χ3n) is 2.39. The Morgan fingerprint density at radius 1 is 0.895 bits per heavy atom. The summed E-state index contributed by atoms with van der Waals surface area (Å²) in [7, 11) is 0. The van der Waals surface area contributed by atoms with E-state index in [4.69, 9.17) is 0 Å². The van der Waals surface area contributed by atoms with Crippen LogP contribution in [0.2, 0.25) is 0 Å². The van der Waals surface area contributed by atoms with Gasteiger partial charge in [-0.05, 0) is 18.2 Å². The summed E-state index contributed by atoms with van der Waals surface area (Å²) in [6.45, 7) is 0. The molecule has 0 aliphatic heterocycles. The molecule has 0 fully saturated rings. The van der Waals surface area contributed by atoms with Gasteiger partial charge in [0.1, 0.15) is 0 Å². The molecule has 1 aromatic carbocycles. The van der Waals surface area contributed by atoms with E-state index >= 15 is 0 Å². The van der Waals surface area contributed by atoms with E-state index in [-0.39, 0.29) is 4.88 Å². The first-order valence-corrected chi connectivity index (χ1v) is 5.76. The summed E-state index contributed by atoms with van der Waals surface area (Å²) in [6, 6.07) is 5.09. The fraction of sp³-hybridized carbons (Fsp3) is 0.167. The topological polar surface area (TPSA) is 0 Å².